The second-order valence-corrected chi connectivity index (χ2v) is 5.47. The Morgan fingerprint density at radius 3 is 2.67 bits per heavy atom. The van der Waals surface area contributed by atoms with Crippen molar-refractivity contribution >= 4 is 29.1 Å². The van der Waals surface area contributed by atoms with E-state index in [0.717, 1.165) is 12.0 Å². The number of halogens is 2. The molecule has 0 aromatic heterocycles. The first-order valence-electron chi connectivity index (χ1n) is 5.90. The number of carbonyl (C=O) groups is 1. The van der Waals surface area contributed by atoms with Gasteiger partial charge in [-0.1, -0.05) is 29.3 Å². The number of rotatable bonds is 3. The van der Waals surface area contributed by atoms with Crippen LogP contribution in [-0.2, 0) is 10.2 Å². The monoisotopic (exact) mass is 287 g/mol. The van der Waals surface area contributed by atoms with E-state index in [2.05, 4.69) is 5.32 Å². The molecule has 0 saturated carbocycles. The lowest BCUT2D eigenvalue weighted by atomic mass is 9.72. The van der Waals surface area contributed by atoms with Gasteiger partial charge in [-0.2, -0.15) is 0 Å². The molecule has 1 unspecified atom stereocenters. The third-order valence-corrected chi connectivity index (χ3v) is 4.32. The Kier molecular flexibility index (Phi) is 4.15. The minimum absolute atomic E-state index is 0.0589. The van der Waals surface area contributed by atoms with E-state index in [4.69, 9.17) is 23.2 Å². The van der Waals surface area contributed by atoms with Crippen LogP contribution in [0.2, 0.25) is 10.0 Å². The van der Waals surface area contributed by atoms with E-state index in [1.54, 1.807) is 6.07 Å². The normalized spacial score (nSPS) is 23.8. The van der Waals surface area contributed by atoms with Gasteiger partial charge in [-0.25, -0.2) is 0 Å². The summed E-state index contributed by atoms with van der Waals surface area (Å²) in [7, 11) is 0. The summed E-state index contributed by atoms with van der Waals surface area (Å²) in [6.45, 7) is 0.612. The fourth-order valence-corrected chi connectivity index (χ4v) is 2.74. The molecule has 2 N–H and O–H groups in total. The molecular formula is C13H15Cl2NO2. The van der Waals surface area contributed by atoms with Crippen molar-refractivity contribution in [2.45, 2.75) is 24.7 Å². The molecule has 0 radical (unpaired) electrons. The first kappa shape index (κ1) is 13.7. The lowest BCUT2D eigenvalue weighted by Crippen LogP contribution is -2.46. The first-order chi connectivity index (χ1) is 8.57. The Morgan fingerprint density at radius 1 is 1.33 bits per heavy atom. The number of aliphatic hydroxyl groups is 1. The first-order valence-corrected chi connectivity index (χ1v) is 6.66. The summed E-state index contributed by atoms with van der Waals surface area (Å²) in [4.78, 5) is 11.3. The summed E-state index contributed by atoms with van der Waals surface area (Å²) in [5.74, 6) is 0.0589. The lowest BCUT2D eigenvalue weighted by molar-refractivity contribution is -0.123. The molecule has 1 heterocycles. The molecule has 1 atom stereocenters. The van der Waals surface area contributed by atoms with Crippen LogP contribution >= 0.6 is 23.2 Å². The van der Waals surface area contributed by atoms with Crippen LogP contribution in [0.4, 0.5) is 0 Å². The number of hydrogen-bond donors (Lipinski definition) is 2. The van der Waals surface area contributed by atoms with Gasteiger partial charge in [-0.05, 0) is 30.5 Å². The molecule has 5 heteroatoms. The molecule has 1 aliphatic rings. The van der Waals surface area contributed by atoms with Gasteiger partial charge in [0.15, 0.2) is 0 Å². The fraction of sp³-hybridized carbons (Fsp3) is 0.462. The second kappa shape index (κ2) is 5.47. The van der Waals surface area contributed by atoms with Crippen molar-refractivity contribution in [1.29, 1.82) is 0 Å². The number of carbonyl (C=O) groups excluding carboxylic acids is 1. The molecule has 2 rings (SSSR count). The predicted molar refractivity (Wildman–Crippen MR) is 72.1 cm³/mol. The minimum Gasteiger partial charge on any atom is -0.396 e. The molecule has 0 spiro atoms. The van der Waals surface area contributed by atoms with Gasteiger partial charge in [0.25, 0.3) is 0 Å². The molecule has 98 valence electrons. The topological polar surface area (TPSA) is 49.3 Å². The van der Waals surface area contributed by atoms with Gasteiger partial charge in [0.05, 0.1) is 10.0 Å². The van der Waals surface area contributed by atoms with Crippen LogP contribution in [0, 0.1) is 0 Å². The molecule has 1 aliphatic heterocycles. The highest BCUT2D eigenvalue weighted by molar-refractivity contribution is 6.42. The quantitative estimate of drug-likeness (QED) is 0.898. The van der Waals surface area contributed by atoms with Crippen molar-refractivity contribution < 1.29 is 9.90 Å². The predicted octanol–water partition coefficient (Wildman–Crippen LogP) is 2.52. The van der Waals surface area contributed by atoms with Crippen LogP contribution in [0.3, 0.4) is 0 Å². The SMILES string of the molecule is O=C1CCC(CCO)(c2ccc(Cl)c(Cl)c2)CN1. The average molecular weight is 288 g/mol. The van der Waals surface area contributed by atoms with Gasteiger partial charge in [-0.15, -0.1) is 0 Å². The number of nitrogens with one attached hydrogen (secondary N) is 1. The molecule has 3 nitrogen and oxygen atoms in total. The van der Waals surface area contributed by atoms with Crippen LogP contribution in [0.5, 0.6) is 0 Å². The van der Waals surface area contributed by atoms with Gasteiger partial charge >= 0.3 is 0 Å². The summed E-state index contributed by atoms with van der Waals surface area (Å²) >= 11 is 12.0. The summed E-state index contributed by atoms with van der Waals surface area (Å²) in [5.41, 5.74) is 0.780. The van der Waals surface area contributed by atoms with Crippen molar-refractivity contribution in [1.82, 2.24) is 5.32 Å². The van der Waals surface area contributed by atoms with E-state index in [0.29, 0.717) is 29.4 Å². The molecule has 0 bridgehead atoms. The zero-order valence-electron chi connectivity index (χ0n) is 9.88. The smallest absolute Gasteiger partial charge is 0.220 e. The van der Waals surface area contributed by atoms with Gasteiger partial charge in [0, 0.05) is 25.0 Å². The number of benzene rings is 1. The molecule has 1 aromatic rings. The van der Waals surface area contributed by atoms with Gasteiger partial charge < -0.3 is 10.4 Å². The third-order valence-electron chi connectivity index (χ3n) is 3.58. The summed E-state index contributed by atoms with van der Waals surface area (Å²) in [5, 5.41) is 13.1. The highest BCUT2D eigenvalue weighted by atomic mass is 35.5. The van der Waals surface area contributed by atoms with Crippen LogP contribution < -0.4 is 5.32 Å². The van der Waals surface area contributed by atoms with Crippen molar-refractivity contribution in [3.63, 3.8) is 0 Å². The maximum Gasteiger partial charge on any atom is 0.220 e. The van der Waals surface area contributed by atoms with E-state index >= 15 is 0 Å². The second-order valence-electron chi connectivity index (χ2n) is 4.66. The van der Waals surface area contributed by atoms with Crippen LogP contribution in [-0.4, -0.2) is 24.2 Å². The van der Waals surface area contributed by atoms with Gasteiger partial charge in [-0.3, -0.25) is 4.79 Å². The molecule has 1 saturated heterocycles. The standard InChI is InChI=1S/C13H15Cl2NO2/c14-10-2-1-9(7-11(10)15)13(5-6-17)4-3-12(18)16-8-13/h1-2,7,17H,3-6,8H2,(H,16,18). The Morgan fingerprint density at radius 2 is 2.11 bits per heavy atom. The van der Waals surface area contributed by atoms with E-state index < -0.39 is 0 Å². The van der Waals surface area contributed by atoms with E-state index in [1.165, 1.54) is 0 Å². The van der Waals surface area contributed by atoms with Crippen molar-refractivity contribution in [2.24, 2.45) is 0 Å². The third kappa shape index (κ3) is 2.63. The highest BCUT2D eigenvalue weighted by Crippen LogP contribution is 2.37. The summed E-state index contributed by atoms with van der Waals surface area (Å²) < 4.78 is 0. The Bertz CT molecular complexity index is 452. The van der Waals surface area contributed by atoms with E-state index in [-0.39, 0.29) is 17.9 Å². The Labute approximate surface area is 116 Å². The number of aliphatic hydroxyl groups excluding tert-OH is 1. The van der Waals surface area contributed by atoms with Crippen LogP contribution in [0.25, 0.3) is 0 Å². The highest BCUT2D eigenvalue weighted by Gasteiger charge is 2.36. The maximum absolute atomic E-state index is 11.3. The van der Waals surface area contributed by atoms with Crippen molar-refractivity contribution in [2.75, 3.05) is 13.2 Å². The van der Waals surface area contributed by atoms with Gasteiger partial charge in [0.1, 0.15) is 0 Å². The zero-order valence-corrected chi connectivity index (χ0v) is 11.4. The molecule has 1 aromatic carbocycles. The number of amides is 1. The maximum atomic E-state index is 11.3. The van der Waals surface area contributed by atoms with Crippen molar-refractivity contribution in [3.05, 3.63) is 33.8 Å². The molecule has 0 aliphatic carbocycles. The minimum atomic E-state index is -0.239. The largest absolute Gasteiger partial charge is 0.396 e. The van der Waals surface area contributed by atoms with E-state index in [9.17, 15) is 9.90 Å². The van der Waals surface area contributed by atoms with Crippen LogP contribution in [0.1, 0.15) is 24.8 Å². The fourth-order valence-electron chi connectivity index (χ4n) is 2.44. The Hall–Kier alpha value is -0.770. The summed E-state index contributed by atoms with van der Waals surface area (Å²) in [6.07, 6.45) is 1.79. The lowest BCUT2D eigenvalue weighted by Gasteiger charge is -2.37. The average Bonchev–Trinajstić information content (AvgIpc) is 2.36. The van der Waals surface area contributed by atoms with Crippen molar-refractivity contribution in [3.8, 4) is 0 Å². The molecule has 1 fully saturated rings. The van der Waals surface area contributed by atoms with Gasteiger partial charge in [0.2, 0.25) is 5.91 Å². The molecular weight excluding hydrogens is 273 g/mol. The Balaban J connectivity index is 2.34. The summed E-state index contributed by atoms with van der Waals surface area (Å²) in [6, 6.07) is 5.51. The number of piperidine rings is 1. The number of hydrogen-bond acceptors (Lipinski definition) is 2. The molecule has 18 heavy (non-hydrogen) atoms. The van der Waals surface area contributed by atoms with E-state index in [1.807, 2.05) is 12.1 Å². The van der Waals surface area contributed by atoms with Crippen LogP contribution in [0.15, 0.2) is 18.2 Å². The molecule has 1 amide bonds. The zero-order chi connectivity index (χ0) is 13.2.